The zero-order valence-corrected chi connectivity index (χ0v) is 10.4. The summed E-state index contributed by atoms with van der Waals surface area (Å²) in [5.41, 5.74) is 1.61. The normalized spacial score (nSPS) is 17.2. The maximum absolute atomic E-state index is 12.8. The highest BCUT2D eigenvalue weighted by atomic mass is 19.1. The zero-order valence-electron chi connectivity index (χ0n) is 10.4. The van der Waals surface area contributed by atoms with Gasteiger partial charge in [0.2, 0.25) is 0 Å². The lowest BCUT2D eigenvalue weighted by Crippen LogP contribution is -2.48. The molecule has 0 saturated carbocycles. The number of rotatable bonds is 4. The van der Waals surface area contributed by atoms with Gasteiger partial charge in [0.1, 0.15) is 6.17 Å². The van der Waals surface area contributed by atoms with Gasteiger partial charge in [0.05, 0.1) is 20.2 Å². The van der Waals surface area contributed by atoms with Gasteiger partial charge < -0.3 is 14.4 Å². The lowest BCUT2D eigenvalue weighted by molar-refractivity contribution is -0.152. The van der Waals surface area contributed by atoms with Gasteiger partial charge in [-0.1, -0.05) is 12.1 Å². The van der Waals surface area contributed by atoms with Crippen molar-refractivity contribution < 1.29 is 18.7 Å². The van der Waals surface area contributed by atoms with E-state index in [1.54, 1.807) is 6.07 Å². The standard InChI is InChI=1S/C13H16FNO3/c1-17-12(13(16)18-2)9-4-3-5-11(6-9)15-7-10(14)8-15/h3-6,10,12H,7-8H2,1-2H3. The molecule has 1 unspecified atom stereocenters. The van der Waals surface area contributed by atoms with Crippen molar-refractivity contribution in [3.8, 4) is 0 Å². The molecule has 1 aromatic carbocycles. The van der Waals surface area contributed by atoms with E-state index in [9.17, 15) is 9.18 Å². The largest absolute Gasteiger partial charge is 0.467 e. The summed E-state index contributed by atoms with van der Waals surface area (Å²) in [6.07, 6.45) is -1.50. The Morgan fingerprint density at radius 1 is 1.44 bits per heavy atom. The van der Waals surface area contributed by atoms with Crippen LogP contribution in [0, 0.1) is 0 Å². The molecule has 1 aliphatic heterocycles. The van der Waals surface area contributed by atoms with Crippen molar-refractivity contribution in [3.05, 3.63) is 29.8 Å². The van der Waals surface area contributed by atoms with Crippen molar-refractivity contribution in [2.24, 2.45) is 0 Å². The van der Waals surface area contributed by atoms with Gasteiger partial charge in [-0.05, 0) is 17.7 Å². The van der Waals surface area contributed by atoms with E-state index in [-0.39, 0.29) is 0 Å². The number of halogens is 1. The smallest absolute Gasteiger partial charge is 0.339 e. The van der Waals surface area contributed by atoms with Gasteiger partial charge in [-0.25, -0.2) is 9.18 Å². The predicted octanol–water partition coefficient (Wildman–Crippen LogP) is 1.71. The van der Waals surface area contributed by atoms with Crippen LogP contribution in [0.5, 0.6) is 0 Å². The molecular weight excluding hydrogens is 237 g/mol. The molecule has 1 atom stereocenters. The van der Waals surface area contributed by atoms with E-state index in [1.807, 2.05) is 23.1 Å². The number of benzene rings is 1. The van der Waals surface area contributed by atoms with Crippen LogP contribution in [-0.4, -0.2) is 39.5 Å². The molecule has 0 bridgehead atoms. The number of methoxy groups -OCH3 is 2. The van der Waals surface area contributed by atoms with Crippen LogP contribution in [0.25, 0.3) is 0 Å². The van der Waals surface area contributed by atoms with E-state index in [0.29, 0.717) is 18.7 Å². The van der Waals surface area contributed by atoms with Crippen LogP contribution >= 0.6 is 0 Å². The molecule has 0 spiro atoms. The van der Waals surface area contributed by atoms with Crippen LogP contribution < -0.4 is 4.90 Å². The first-order valence-corrected chi connectivity index (χ1v) is 5.75. The number of carbonyl (C=O) groups excluding carboxylic acids is 1. The molecule has 1 aromatic rings. The number of nitrogens with zero attached hydrogens (tertiary/aromatic N) is 1. The van der Waals surface area contributed by atoms with Gasteiger partial charge >= 0.3 is 5.97 Å². The molecule has 18 heavy (non-hydrogen) atoms. The summed E-state index contributed by atoms with van der Waals surface area (Å²) in [7, 11) is 2.77. The molecule has 0 aliphatic carbocycles. The number of ether oxygens (including phenoxy) is 2. The van der Waals surface area contributed by atoms with Crippen molar-refractivity contribution in [2.75, 3.05) is 32.2 Å². The Morgan fingerprint density at radius 3 is 2.72 bits per heavy atom. The zero-order chi connectivity index (χ0) is 13.1. The minimum Gasteiger partial charge on any atom is -0.467 e. The molecule has 98 valence electrons. The first-order chi connectivity index (χ1) is 8.65. The van der Waals surface area contributed by atoms with Gasteiger partial charge in [0.15, 0.2) is 6.10 Å². The van der Waals surface area contributed by atoms with Gasteiger partial charge in [-0.3, -0.25) is 0 Å². The Hall–Kier alpha value is -1.62. The fourth-order valence-electron chi connectivity index (χ4n) is 2.00. The van der Waals surface area contributed by atoms with Gasteiger partial charge in [-0.2, -0.15) is 0 Å². The first-order valence-electron chi connectivity index (χ1n) is 5.75. The Morgan fingerprint density at radius 2 is 2.17 bits per heavy atom. The molecular formula is C13H16FNO3. The third-order valence-electron chi connectivity index (χ3n) is 3.03. The summed E-state index contributed by atoms with van der Waals surface area (Å²) < 4.78 is 22.6. The van der Waals surface area contributed by atoms with E-state index in [1.165, 1.54) is 14.2 Å². The minimum absolute atomic E-state index is 0.402. The van der Waals surface area contributed by atoms with Crippen molar-refractivity contribution in [1.82, 2.24) is 0 Å². The van der Waals surface area contributed by atoms with E-state index in [2.05, 4.69) is 4.74 Å². The molecule has 0 N–H and O–H groups in total. The fourth-order valence-corrected chi connectivity index (χ4v) is 2.00. The number of hydrogen-bond donors (Lipinski definition) is 0. The summed E-state index contributed by atoms with van der Waals surface area (Å²) in [6, 6.07) is 7.34. The number of alkyl halides is 1. The lowest BCUT2D eigenvalue weighted by Gasteiger charge is -2.36. The maximum atomic E-state index is 12.8. The van der Waals surface area contributed by atoms with Crippen LogP contribution in [0.1, 0.15) is 11.7 Å². The van der Waals surface area contributed by atoms with Crippen molar-refractivity contribution >= 4 is 11.7 Å². The molecule has 1 aliphatic rings. The molecule has 1 heterocycles. The number of esters is 1. The summed E-state index contributed by atoms with van der Waals surface area (Å²) >= 11 is 0. The van der Waals surface area contributed by atoms with Crippen LogP contribution in [0.2, 0.25) is 0 Å². The molecule has 4 nitrogen and oxygen atoms in total. The van der Waals surface area contributed by atoms with Crippen LogP contribution in [0.3, 0.4) is 0 Å². The Balaban J connectivity index is 2.18. The molecule has 1 saturated heterocycles. The van der Waals surface area contributed by atoms with Gasteiger partial charge in [0.25, 0.3) is 0 Å². The SMILES string of the molecule is COC(=O)C(OC)c1cccc(N2CC(F)C2)c1. The third kappa shape index (κ3) is 2.46. The van der Waals surface area contributed by atoms with E-state index >= 15 is 0 Å². The quantitative estimate of drug-likeness (QED) is 0.766. The minimum atomic E-state index is -0.757. The third-order valence-corrected chi connectivity index (χ3v) is 3.03. The topological polar surface area (TPSA) is 38.8 Å². The molecule has 0 aromatic heterocycles. The number of hydrogen-bond acceptors (Lipinski definition) is 4. The highest BCUT2D eigenvalue weighted by Gasteiger charge is 2.27. The van der Waals surface area contributed by atoms with E-state index in [0.717, 1.165) is 5.69 Å². The number of anilines is 1. The molecule has 2 rings (SSSR count). The van der Waals surface area contributed by atoms with Gasteiger partial charge in [-0.15, -0.1) is 0 Å². The molecule has 0 amide bonds. The number of carbonyl (C=O) groups is 1. The average Bonchev–Trinajstić information content (AvgIpc) is 2.36. The Labute approximate surface area is 105 Å². The highest BCUT2D eigenvalue weighted by Crippen LogP contribution is 2.27. The van der Waals surface area contributed by atoms with Gasteiger partial charge in [0, 0.05) is 12.8 Å². The lowest BCUT2D eigenvalue weighted by atomic mass is 10.1. The second-order valence-electron chi connectivity index (χ2n) is 4.24. The maximum Gasteiger partial charge on any atom is 0.339 e. The van der Waals surface area contributed by atoms with E-state index in [4.69, 9.17) is 4.74 Å². The summed E-state index contributed by atoms with van der Waals surface area (Å²) in [6.45, 7) is 0.804. The first kappa shape index (κ1) is 12.8. The summed E-state index contributed by atoms with van der Waals surface area (Å²) in [4.78, 5) is 13.5. The second kappa shape index (κ2) is 5.35. The fraction of sp³-hybridized carbons (Fsp3) is 0.462. The van der Waals surface area contributed by atoms with Crippen molar-refractivity contribution in [1.29, 1.82) is 0 Å². The molecule has 5 heteroatoms. The van der Waals surface area contributed by atoms with Crippen molar-refractivity contribution in [2.45, 2.75) is 12.3 Å². The van der Waals surface area contributed by atoms with Crippen LogP contribution in [0.4, 0.5) is 10.1 Å². The van der Waals surface area contributed by atoms with Crippen molar-refractivity contribution in [3.63, 3.8) is 0 Å². The predicted molar refractivity (Wildman–Crippen MR) is 65.3 cm³/mol. The summed E-state index contributed by atoms with van der Waals surface area (Å²) in [5.74, 6) is -0.443. The second-order valence-corrected chi connectivity index (χ2v) is 4.24. The molecule has 1 fully saturated rings. The molecule has 0 radical (unpaired) electrons. The van der Waals surface area contributed by atoms with Crippen LogP contribution in [-0.2, 0) is 14.3 Å². The van der Waals surface area contributed by atoms with Crippen LogP contribution in [0.15, 0.2) is 24.3 Å². The Bertz CT molecular complexity index is 432. The van der Waals surface area contributed by atoms with E-state index < -0.39 is 18.2 Å². The highest BCUT2D eigenvalue weighted by molar-refractivity contribution is 5.77. The monoisotopic (exact) mass is 253 g/mol. The summed E-state index contributed by atoms with van der Waals surface area (Å²) in [5, 5.41) is 0. The average molecular weight is 253 g/mol. The Kier molecular flexibility index (Phi) is 3.81.